The minimum Gasteiger partial charge on any atom is -0.504 e. The van der Waals surface area contributed by atoms with Crippen molar-refractivity contribution in [1.82, 2.24) is 0 Å². The first-order valence-corrected chi connectivity index (χ1v) is 4.39. The molecule has 0 aliphatic carbocycles. The second-order valence-corrected chi connectivity index (χ2v) is 3.16. The van der Waals surface area contributed by atoms with E-state index < -0.39 is 5.75 Å². The lowest BCUT2D eigenvalue weighted by Gasteiger charge is -2.06. The molecule has 5 heteroatoms. The smallest absolute Gasteiger partial charge is 0.169 e. The van der Waals surface area contributed by atoms with Gasteiger partial charge < -0.3 is 15.9 Å². The standard InChI is InChI=1S/C9H10ClNO3/c10-5-1-2-7(13)9(14)8(5)6(12)3-4-11/h1-2,13-14H,3-4,11H2. The van der Waals surface area contributed by atoms with Crippen LogP contribution in [0.2, 0.25) is 5.02 Å². The molecule has 1 rings (SSSR count). The summed E-state index contributed by atoms with van der Waals surface area (Å²) in [5, 5.41) is 18.6. The van der Waals surface area contributed by atoms with Crippen LogP contribution in [0.15, 0.2) is 12.1 Å². The zero-order valence-corrected chi connectivity index (χ0v) is 8.08. The van der Waals surface area contributed by atoms with E-state index in [4.69, 9.17) is 22.4 Å². The molecule has 0 heterocycles. The summed E-state index contributed by atoms with van der Waals surface area (Å²) in [6.45, 7) is 0.171. The van der Waals surface area contributed by atoms with E-state index >= 15 is 0 Å². The molecule has 0 saturated heterocycles. The van der Waals surface area contributed by atoms with Crippen molar-refractivity contribution in [2.24, 2.45) is 5.73 Å². The van der Waals surface area contributed by atoms with Gasteiger partial charge in [0, 0.05) is 6.42 Å². The number of ketones is 1. The molecule has 4 N–H and O–H groups in total. The van der Waals surface area contributed by atoms with Gasteiger partial charge in [-0.3, -0.25) is 4.79 Å². The molecule has 0 fully saturated rings. The van der Waals surface area contributed by atoms with Gasteiger partial charge in [-0.15, -0.1) is 0 Å². The first-order chi connectivity index (χ1) is 6.57. The van der Waals surface area contributed by atoms with Crippen molar-refractivity contribution in [2.45, 2.75) is 6.42 Å². The fourth-order valence-electron chi connectivity index (χ4n) is 1.08. The molecule has 4 nitrogen and oxygen atoms in total. The topological polar surface area (TPSA) is 83.6 Å². The second-order valence-electron chi connectivity index (χ2n) is 2.75. The first-order valence-electron chi connectivity index (χ1n) is 4.01. The van der Waals surface area contributed by atoms with Crippen LogP contribution < -0.4 is 5.73 Å². The molecule has 0 radical (unpaired) electrons. The normalized spacial score (nSPS) is 10.1. The summed E-state index contributed by atoms with van der Waals surface area (Å²) in [5.74, 6) is -1.24. The number of aromatic hydroxyl groups is 2. The average Bonchev–Trinajstić information content (AvgIpc) is 2.13. The molecule has 76 valence electrons. The minimum atomic E-state index is -0.490. The number of phenols is 2. The maximum Gasteiger partial charge on any atom is 0.169 e. The van der Waals surface area contributed by atoms with Gasteiger partial charge in [-0.05, 0) is 18.7 Å². The summed E-state index contributed by atoms with van der Waals surface area (Å²) < 4.78 is 0. The zero-order chi connectivity index (χ0) is 10.7. The molecule has 0 saturated carbocycles. The SMILES string of the molecule is NCCC(=O)c1c(Cl)ccc(O)c1O. The Morgan fingerprint density at radius 1 is 1.43 bits per heavy atom. The molecule has 0 spiro atoms. The molecule has 0 unspecified atom stereocenters. The van der Waals surface area contributed by atoms with Crippen LogP contribution in [0.25, 0.3) is 0 Å². The number of Topliss-reactive ketones (excluding diaryl/α,β-unsaturated/α-hetero) is 1. The van der Waals surface area contributed by atoms with Crippen LogP contribution >= 0.6 is 11.6 Å². The predicted octanol–water partition coefficient (Wildman–Crippen LogP) is 1.28. The maximum absolute atomic E-state index is 11.4. The Hall–Kier alpha value is -1.26. The highest BCUT2D eigenvalue weighted by Gasteiger charge is 2.17. The number of nitrogens with two attached hydrogens (primary N) is 1. The molecule has 0 bridgehead atoms. The number of halogens is 1. The third-order valence-corrected chi connectivity index (χ3v) is 2.07. The van der Waals surface area contributed by atoms with E-state index in [-0.39, 0.29) is 35.1 Å². The highest BCUT2D eigenvalue weighted by molar-refractivity contribution is 6.34. The molecular weight excluding hydrogens is 206 g/mol. The molecule has 0 amide bonds. The van der Waals surface area contributed by atoms with E-state index in [9.17, 15) is 9.90 Å². The fourth-order valence-corrected chi connectivity index (χ4v) is 1.33. The third kappa shape index (κ3) is 1.97. The average molecular weight is 216 g/mol. The summed E-state index contributed by atoms with van der Waals surface area (Å²) in [4.78, 5) is 11.4. The first kappa shape index (κ1) is 10.8. The molecule has 0 atom stereocenters. The number of carbonyl (C=O) groups is 1. The summed E-state index contributed by atoms with van der Waals surface area (Å²) in [6, 6.07) is 2.57. The number of hydrogen-bond donors (Lipinski definition) is 3. The van der Waals surface area contributed by atoms with Crippen LogP contribution in [0, 0.1) is 0 Å². The van der Waals surface area contributed by atoms with Crippen molar-refractivity contribution < 1.29 is 15.0 Å². The van der Waals surface area contributed by atoms with E-state index in [1.807, 2.05) is 0 Å². The Morgan fingerprint density at radius 3 is 2.64 bits per heavy atom. The number of rotatable bonds is 3. The van der Waals surface area contributed by atoms with Gasteiger partial charge in [-0.1, -0.05) is 11.6 Å². The van der Waals surface area contributed by atoms with Crippen molar-refractivity contribution in [3.63, 3.8) is 0 Å². The Balaban J connectivity index is 3.18. The molecular formula is C9H10ClNO3. The van der Waals surface area contributed by atoms with Crippen LogP contribution in [-0.2, 0) is 0 Å². The van der Waals surface area contributed by atoms with Crippen LogP contribution in [0.5, 0.6) is 11.5 Å². The minimum absolute atomic E-state index is 0.0721. The fraction of sp³-hybridized carbons (Fsp3) is 0.222. The van der Waals surface area contributed by atoms with Crippen molar-refractivity contribution in [3.05, 3.63) is 22.7 Å². The number of hydrogen-bond acceptors (Lipinski definition) is 4. The summed E-state index contributed by atoms with van der Waals surface area (Å²) in [6.07, 6.45) is 0.0801. The van der Waals surface area contributed by atoms with Crippen LogP contribution in [0.1, 0.15) is 16.8 Å². The Labute approximate surface area is 85.9 Å². The number of carbonyl (C=O) groups excluding carboxylic acids is 1. The van der Waals surface area contributed by atoms with E-state index in [0.717, 1.165) is 0 Å². The molecule has 1 aromatic rings. The molecule has 14 heavy (non-hydrogen) atoms. The molecule has 0 aromatic heterocycles. The highest BCUT2D eigenvalue weighted by atomic mass is 35.5. The van der Waals surface area contributed by atoms with Gasteiger partial charge in [0.1, 0.15) is 0 Å². The Morgan fingerprint density at radius 2 is 2.07 bits per heavy atom. The van der Waals surface area contributed by atoms with Gasteiger partial charge in [-0.25, -0.2) is 0 Å². The largest absolute Gasteiger partial charge is 0.504 e. The van der Waals surface area contributed by atoms with Gasteiger partial charge in [-0.2, -0.15) is 0 Å². The lowest BCUT2D eigenvalue weighted by Crippen LogP contribution is -2.08. The predicted molar refractivity (Wildman–Crippen MR) is 52.8 cm³/mol. The van der Waals surface area contributed by atoms with E-state index in [2.05, 4.69) is 0 Å². The van der Waals surface area contributed by atoms with Crippen LogP contribution in [-0.4, -0.2) is 22.5 Å². The Kier molecular flexibility index (Phi) is 3.33. The monoisotopic (exact) mass is 215 g/mol. The molecule has 0 aliphatic rings. The molecule has 1 aromatic carbocycles. The van der Waals surface area contributed by atoms with Gasteiger partial charge >= 0.3 is 0 Å². The van der Waals surface area contributed by atoms with Gasteiger partial charge in [0.2, 0.25) is 0 Å². The molecule has 0 aliphatic heterocycles. The third-order valence-electron chi connectivity index (χ3n) is 1.76. The van der Waals surface area contributed by atoms with Gasteiger partial charge in [0.05, 0.1) is 10.6 Å². The maximum atomic E-state index is 11.4. The lowest BCUT2D eigenvalue weighted by molar-refractivity contribution is 0.0982. The summed E-state index contributed by atoms with van der Waals surface area (Å²) in [7, 11) is 0. The van der Waals surface area contributed by atoms with E-state index in [1.54, 1.807) is 0 Å². The van der Waals surface area contributed by atoms with E-state index in [1.165, 1.54) is 12.1 Å². The number of benzene rings is 1. The van der Waals surface area contributed by atoms with Gasteiger partial charge in [0.15, 0.2) is 17.3 Å². The lowest BCUT2D eigenvalue weighted by atomic mass is 10.1. The number of phenolic OH excluding ortho intramolecular Hbond substituents is 2. The zero-order valence-electron chi connectivity index (χ0n) is 7.33. The Bertz CT molecular complexity index is 365. The summed E-state index contributed by atoms with van der Waals surface area (Å²) >= 11 is 5.70. The highest BCUT2D eigenvalue weighted by Crippen LogP contribution is 2.34. The van der Waals surface area contributed by atoms with E-state index in [0.29, 0.717) is 0 Å². The van der Waals surface area contributed by atoms with Crippen LogP contribution in [0.4, 0.5) is 0 Å². The summed E-state index contributed by atoms with van der Waals surface area (Å²) in [5.41, 5.74) is 5.12. The van der Waals surface area contributed by atoms with Crippen LogP contribution in [0.3, 0.4) is 0 Å². The van der Waals surface area contributed by atoms with Crippen molar-refractivity contribution in [2.75, 3.05) is 6.54 Å². The van der Waals surface area contributed by atoms with Crippen molar-refractivity contribution in [3.8, 4) is 11.5 Å². The quantitative estimate of drug-likeness (QED) is 0.524. The van der Waals surface area contributed by atoms with Gasteiger partial charge in [0.25, 0.3) is 0 Å². The van der Waals surface area contributed by atoms with Crippen molar-refractivity contribution in [1.29, 1.82) is 0 Å². The second kappa shape index (κ2) is 4.30. The van der Waals surface area contributed by atoms with Crippen molar-refractivity contribution >= 4 is 17.4 Å².